The van der Waals surface area contributed by atoms with Gasteiger partial charge >= 0.3 is 5.97 Å². The number of aromatic nitrogens is 2. The van der Waals surface area contributed by atoms with Gasteiger partial charge in [0.25, 0.3) is 0 Å². The molecule has 0 fully saturated rings. The lowest BCUT2D eigenvalue weighted by Crippen LogP contribution is -2.00. The minimum absolute atomic E-state index is 0.365. The van der Waals surface area contributed by atoms with Crippen LogP contribution >= 0.6 is 11.3 Å². The average Bonchev–Trinajstić information content (AvgIpc) is 2.99. The predicted molar refractivity (Wildman–Crippen MR) is 89.1 cm³/mol. The third-order valence-corrected chi connectivity index (χ3v) is 5.24. The molecule has 0 radical (unpaired) electrons. The van der Waals surface area contributed by atoms with Gasteiger partial charge in [0.2, 0.25) is 0 Å². The molecule has 114 valence electrons. The lowest BCUT2D eigenvalue weighted by molar-refractivity contribution is 0.0701. The summed E-state index contributed by atoms with van der Waals surface area (Å²) in [7, 11) is 0. The highest BCUT2D eigenvalue weighted by Crippen LogP contribution is 2.32. The highest BCUT2D eigenvalue weighted by molar-refractivity contribution is 7.19. The maximum absolute atomic E-state index is 11.3. The van der Waals surface area contributed by atoms with Crippen molar-refractivity contribution in [3.05, 3.63) is 45.6 Å². The number of carbonyl (C=O) groups is 1. The van der Waals surface area contributed by atoms with Crippen LogP contribution in [0.2, 0.25) is 0 Å². The fourth-order valence-electron chi connectivity index (χ4n) is 2.76. The minimum Gasteiger partial charge on any atom is -0.477 e. The summed E-state index contributed by atoms with van der Waals surface area (Å²) in [4.78, 5) is 17.1. The number of carboxylic acid groups (broad SMARTS) is 1. The van der Waals surface area contributed by atoms with E-state index in [-0.39, 0.29) is 0 Å². The summed E-state index contributed by atoms with van der Waals surface area (Å²) < 4.78 is 1.98. The number of hydrogen-bond acceptors (Lipinski definition) is 3. The summed E-state index contributed by atoms with van der Waals surface area (Å²) in [6.45, 7) is 8.11. The zero-order chi connectivity index (χ0) is 16.0. The van der Waals surface area contributed by atoms with Gasteiger partial charge < -0.3 is 5.11 Å². The van der Waals surface area contributed by atoms with Gasteiger partial charge in [-0.25, -0.2) is 9.78 Å². The number of aromatic carboxylic acids is 1. The Balaban J connectivity index is 2.27. The van der Waals surface area contributed by atoms with E-state index in [1.165, 1.54) is 22.5 Å². The van der Waals surface area contributed by atoms with Gasteiger partial charge in [-0.15, -0.1) is 0 Å². The molecular weight excluding hydrogens is 296 g/mol. The number of hydrogen-bond donors (Lipinski definition) is 1. The molecule has 0 aliphatic rings. The molecule has 0 atom stereocenters. The van der Waals surface area contributed by atoms with Crippen molar-refractivity contribution in [1.29, 1.82) is 0 Å². The monoisotopic (exact) mass is 314 g/mol. The highest BCUT2D eigenvalue weighted by atomic mass is 32.1. The molecule has 1 N–H and O–H groups in total. The number of fused-ring (bicyclic) bond motifs is 1. The maximum atomic E-state index is 11.3. The Bertz CT molecular complexity index is 890. The molecule has 0 aliphatic carbocycles. The molecule has 4 nitrogen and oxygen atoms in total. The number of carboxylic acids is 1. The molecule has 3 aromatic rings. The van der Waals surface area contributed by atoms with Crippen LogP contribution in [0.5, 0.6) is 0 Å². The zero-order valence-corrected chi connectivity index (χ0v) is 13.9. The second kappa shape index (κ2) is 5.25. The van der Waals surface area contributed by atoms with Crippen LogP contribution in [-0.4, -0.2) is 20.5 Å². The fraction of sp³-hybridized carbons (Fsp3) is 0.294. The minimum atomic E-state index is -0.886. The van der Waals surface area contributed by atoms with Crippen molar-refractivity contribution in [2.75, 3.05) is 0 Å². The molecule has 0 unspecified atom stereocenters. The molecular formula is C17H18N2O2S. The smallest absolute Gasteiger partial charge is 0.347 e. The second-order valence-electron chi connectivity index (χ2n) is 5.50. The molecule has 0 saturated carbocycles. The van der Waals surface area contributed by atoms with Gasteiger partial charge in [0.1, 0.15) is 4.88 Å². The van der Waals surface area contributed by atoms with E-state index in [0.717, 1.165) is 34.0 Å². The van der Waals surface area contributed by atoms with Crippen LogP contribution < -0.4 is 0 Å². The number of aryl methyl sites for hydroxylation is 4. The van der Waals surface area contributed by atoms with Crippen molar-refractivity contribution in [2.24, 2.45) is 0 Å². The quantitative estimate of drug-likeness (QED) is 0.786. The van der Waals surface area contributed by atoms with Gasteiger partial charge in [0.15, 0.2) is 4.96 Å². The lowest BCUT2D eigenvalue weighted by atomic mass is 10.0. The predicted octanol–water partition coefficient (Wildman–Crippen LogP) is 4.25. The second-order valence-corrected chi connectivity index (χ2v) is 6.48. The molecule has 0 saturated heterocycles. The number of benzene rings is 1. The molecule has 0 amide bonds. The molecule has 2 heterocycles. The Kier molecular flexibility index (Phi) is 3.53. The highest BCUT2D eigenvalue weighted by Gasteiger charge is 2.21. The summed E-state index contributed by atoms with van der Waals surface area (Å²) in [5.74, 6) is -0.886. The first-order valence-electron chi connectivity index (χ1n) is 7.25. The molecule has 22 heavy (non-hydrogen) atoms. The van der Waals surface area contributed by atoms with Gasteiger partial charge in [0, 0.05) is 11.3 Å². The number of thiazole rings is 1. The van der Waals surface area contributed by atoms with Crippen molar-refractivity contribution in [3.63, 3.8) is 0 Å². The van der Waals surface area contributed by atoms with E-state index in [0.29, 0.717) is 4.88 Å². The summed E-state index contributed by atoms with van der Waals surface area (Å²) in [5, 5.41) is 9.27. The molecule has 1 aromatic carbocycles. The summed E-state index contributed by atoms with van der Waals surface area (Å²) >= 11 is 1.24. The molecule has 3 rings (SSSR count). The van der Waals surface area contributed by atoms with Crippen LogP contribution in [0.15, 0.2) is 18.2 Å². The lowest BCUT2D eigenvalue weighted by Gasteiger charge is -2.06. The van der Waals surface area contributed by atoms with E-state index in [2.05, 4.69) is 39.0 Å². The van der Waals surface area contributed by atoms with Crippen LogP contribution in [0.4, 0.5) is 0 Å². The maximum Gasteiger partial charge on any atom is 0.347 e. The van der Waals surface area contributed by atoms with E-state index < -0.39 is 5.97 Å². The van der Waals surface area contributed by atoms with Crippen molar-refractivity contribution in [2.45, 2.75) is 34.1 Å². The number of imidazole rings is 1. The SMILES string of the molecule is CCc1c(-c2ccc(C)c(C)c2)nc2sc(C(=O)O)c(C)n12. The first kappa shape index (κ1) is 14.8. The van der Waals surface area contributed by atoms with Gasteiger partial charge in [-0.1, -0.05) is 30.4 Å². The average molecular weight is 314 g/mol. The largest absolute Gasteiger partial charge is 0.477 e. The summed E-state index contributed by atoms with van der Waals surface area (Å²) in [5.41, 5.74) is 6.36. The molecule has 0 spiro atoms. The van der Waals surface area contributed by atoms with Gasteiger partial charge in [-0.2, -0.15) is 0 Å². The van der Waals surface area contributed by atoms with Crippen molar-refractivity contribution >= 4 is 22.3 Å². The Morgan fingerprint density at radius 3 is 2.59 bits per heavy atom. The Hall–Kier alpha value is -2.14. The third-order valence-electron chi connectivity index (χ3n) is 4.11. The van der Waals surface area contributed by atoms with Gasteiger partial charge in [0.05, 0.1) is 11.4 Å². The molecule has 0 bridgehead atoms. The molecule has 0 aliphatic heterocycles. The standard InChI is InChI=1S/C17H18N2O2S/c1-5-13-14(12-7-6-9(2)10(3)8-12)18-17-19(13)11(4)15(22-17)16(20)21/h6-8H,5H2,1-4H3,(H,20,21). The first-order valence-corrected chi connectivity index (χ1v) is 8.07. The van der Waals surface area contributed by atoms with E-state index in [1.54, 1.807) is 0 Å². The van der Waals surface area contributed by atoms with E-state index in [1.807, 2.05) is 11.3 Å². The molecule has 2 aromatic heterocycles. The Labute approximate surface area is 133 Å². The fourth-order valence-corrected chi connectivity index (χ4v) is 3.74. The molecule has 5 heteroatoms. The van der Waals surface area contributed by atoms with Crippen molar-refractivity contribution in [3.8, 4) is 11.3 Å². The first-order chi connectivity index (χ1) is 10.4. The van der Waals surface area contributed by atoms with Crippen molar-refractivity contribution < 1.29 is 9.90 Å². The van der Waals surface area contributed by atoms with E-state index in [4.69, 9.17) is 4.98 Å². The van der Waals surface area contributed by atoms with Crippen LogP contribution in [0, 0.1) is 20.8 Å². The van der Waals surface area contributed by atoms with Crippen molar-refractivity contribution in [1.82, 2.24) is 9.38 Å². The van der Waals surface area contributed by atoms with Crippen LogP contribution in [0.25, 0.3) is 16.2 Å². The Morgan fingerprint density at radius 2 is 2.00 bits per heavy atom. The Morgan fingerprint density at radius 1 is 1.27 bits per heavy atom. The van der Waals surface area contributed by atoms with Crippen LogP contribution in [0.3, 0.4) is 0 Å². The third kappa shape index (κ3) is 2.13. The summed E-state index contributed by atoms with van der Waals surface area (Å²) in [6.07, 6.45) is 0.806. The summed E-state index contributed by atoms with van der Waals surface area (Å²) in [6, 6.07) is 6.34. The van der Waals surface area contributed by atoms with E-state index in [9.17, 15) is 9.90 Å². The van der Waals surface area contributed by atoms with Crippen LogP contribution in [-0.2, 0) is 6.42 Å². The zero-order valence-electron chi connectivity index (χ0n) is 13.1. The van der Waals surface area contributed by atoms with Crippen LogP contribution in [0.1, 0.15) is 39.1 Å². The number of nitrogens with zero attached hydrogens (tertiary/aromatic N) is 2. The van der Waals surface area contributed by atoms with Gasteiger partial charge in [-0.05, 0) is 44.4 Å². The normalized spacial score (nSPS) is 11.3. The topological polar surface area (TPSA) is 54.6 Å². The number of rotatable bonds is 3. The van der Waals surface area contributed by atoms with Gasteiger partial charge in [-0.3, -0.25) is 4.40 Å². The van der Waals surface area contributed by atoms with E-state index >= 15 is 0 Å².